The van der Waals surface area contributed by atoms with Gasteiger partial charge in [-0.25, -0.2) is 9.78 Å². The largest absolute Gasteiger partial charge is 0.477 e. The van der Waals surface area contributed by atoms with E-state index in [1.165, 1.54) is 0 Å². The zero-order valence-corrected chi connectivity index (χ0v) is 7.55. The fourth-order valence-corrected chi connectivity index (χ4v) is 1.41. The van der Waals surface area contributed by atoms with Crippen molar-refractivity contribution in [1.82, 2.24) is 4.98 Å². The first-order valence-electron chi connectivity index (χ1n) is 3.19. The van der Waals surface area contributed by atoms with Gasteiger partial charge in [0.2, 0.25) is 0 Å². The zero-order chi connectivity index (χ0) is 9.30. The van der Waals surface area contributed by atoms with Crippen LogP contribution in [-0.2, 0) is 0 Å². The fraction of sp³-hybridized carbons (Fsp3) is 0.333. The minimum Gasteiger partial charge on any atom is -0.477 e. The smallest absolute Gasteiger partial charge is 0.349 e. The van der Waals surface area contributed by atoms with E-state index in [0.717, 1.165) is 11.3 Å². The van der Waals surface area contributed by atoms with Gasteiger partial charge < -0.3 is 15.7 Å². The Labute approximate surface area is 73.4 Å². The number of rotatable bonds is 2. The summed E-state index contributed by atoms with van der Waals surface area (Å²) < 4.78 is 0. The molecular formula is C6H9N3O2S. The van der Waals surface area contributed by atoms with Crippen molar-refractivity contribution >= 4 is 28.3 Å². The Balaban J connectivity index is 3.09. The molecule has 1 aromatic heterocycles. The van der Waals surface area contributed by atoms with Gasteiger partial charge in [0, 0.05) is 14.1 Å². The van der Waals surface area contributed by atoms with Crippen LogP contribution in [0.2, 0.25) is 0 Å². The second kappa shape index (κ2) is 2.98. The molecule has 0 aliphatic heterocycles. The van der Waals surface area contributed by atoms with Gasteiger partial charge in [-0.1, -0.05) is 11.3 Å². The molecule has 0 bridgehead atoms. The Kier molecular flexibility index (Phi) is 2.18. The molecule has 6 heteroatoms. The van der Waals surface area contributed by atoms with Crippen molar-refractivity contribution in [3.8, 4) is 0 Å². The van der Waals surface area contributed by atoms with Crippen LogP contribution in [0.3, 0.4) is 0 Å². The first-order chi connectivity index (χ1) is 5.52. The van der Waals surface area contributed by atoms with Crippen molar-refractivity contribution in [2.45, 2.75) is 0 Å². The summed E-state index contributed by atoms with van der Waals surface area (Å²) in [6.45, 7) is 0. The topological polar surface area (TPSA) is 79.5 Å². The van der Waals surface area contributed by atoms with Gasteiger partial charge >= 0.3 is 5.97 Å². The van der Waals surface area contributed by atoms with Gasteiger partial charge in [0.1, 0.15) is 0 Å². The van der Waals surface area contributed by atoms with Crippen molar-refractivity contribution in [2.75, 3.05) is 24.7 Å². The summed E-state index contributed by atoms with van der Waals surface area (Å²) in [4.78, 5) is 16.2. The zero-order valence-electron chi connectivity index (χ0n) is 6.74. The number of aromatic nitrogens is 1. The van der Waals surface area contributed by atoms with E-state index in [2.05, 4.69) is 4.98 Å². The number of carboxylic acids is 1. The van der Waals surface area contributed by atoms with E-state index in [9.17, 15) is 4.79 Å². The van der Waals surface area contributed by atoms with Gasteiger partial charge in [0.15, 0.2) is 15.8 Å². The second-order valence-corrected chi connectivity index (χ2v) is 3.39. The monoisotopic (exact) mass is 187 g/mol. The minimum atomic E-state index is -1.03. The molecule has 12 heavy (non-hydrogen) atoms. The Bertz CT molecular complexity index is 308. The summed E-state index contributed by atoms with van der Waals surface area (Å²) in [5.74, 6) is -0.950. The average Bonchev–Trinajstić information content (AvgIpc) is 2.30. The average molecular weight is 187 g/mol. The Morgan fingerprint density at radius 1 is 1.67 bits per heavy atom. The highest BCUT2D eigenvalue weighted by molar-refractivity contribution is 7.17. The standard InChI is InChI=1S/C6H9N3O2S/c1-9(2)6-8-4(7)3(12-6)5(10)11/h7H2,1-2H3,(H,10,11). The molecule has 0 saturated heterocycles. The molecule has 0 aliphatic rings. The number of thiazole rings is 1. The maximum absolute atomic E-state index is 10.5. The second-order valence-electron chi connectivity index (χ2n) is 2.41. The normalized spacial score (nSPS) is 9.83. The summed E-state index contributed by atoms with van der Waals surface area (Å²) in [5, 5.41) is 9.23. The van der Waals surface area contributed by atoms with Gasteiger partial charge in [0.05, 0.1) is 0 Å². The molecule has 0 aromatic carbocycles. The molecule has 66 valence electrons. The van der Waals surface area contributed by atoms with Crippen LogP contribution < -0.4 is 10.6 Å². The maximum atomic E-state index is 10.5. The van der Waals surface area contributed by atoms with Crippen LogP contribution in [-0.4, -0.2) is 30.2 Å². The number of anilines is 2. The molecule has 0 radical (unpaired) electrons. The maximum Gasteiger partial charge on any atom is 0.349 e. The van der Waals surface area contributed by atoms with Crippen LogP contribution in [0, 0.1) is 0 Å². The molecule has 0 aliphatic carbocycles. The molecule has 0 saturated carbocycles. The SMILES string of the molecule is CN(C)c1nc(N)c(C(=O)O)s1. The number of aromatic carboxylic acids is 1. The molecule has 0 amide bonds. The fourth-order valence-electron chi connectivity index (χ4n) is 0.665. The van der Waals surface area contributed by atoms with Crippen molar-refractivity contribution in [3.05, 3.63) is 4.88 Å². The van der Waals surface area contributed by atoms with Crippen molar-refractivity contribution < 1.29 is 9.90 Å². The number of hydrogen-bond acceptors (Lipinski definition) is 5. The summed E-state index contributed by atoms with van der Waals surface area (Å²) in [7, 11) is 3.56. The lowest BCUT2D eigenvalue weighted by Crippen LogP contribution is -2.07. The summed E-state index contributed by atoms with van der Waals surface area (Å²) in [6.07, 6.45) is 0. The van der Waals surface area contributed by atoms with Gasteiger partial charge in [-0.3, -0.25) is 0 Å². The first-order valence-corrected chi connectivity index (χ1v) is 4.01. The van der Waals surface area contributed by atoms with E-state index in [4.69, 9.17) is 10.8 Å². The summed E-state index contributed by atoms with van der Waals surface area (Å²) in [5.41, 5.74) is 5.37. The van der Waals surface area contributed by atoms with Crippen molar-refractivity contribution in [1.29, 1.82) is 0 Å². The number of nitrogen functional groups attached to an aromatic ring is 1. The number of hydrogen-bond donors (Lipinski definition) is 2. The molecule has 0 fully saturated rings. The Morgan fingerprint density at radius 3 is 2.50 bits per heavy atom. The van der Waals surface area contributed by atoms with Crippen LogP contribution >= 0.6 is 11.3 Å². The number of carboxylic acid groups (broad SMARTS) is 1. The van der Waals surface area contributed by atoms with Crippen LogP contribution in [0.15, 0.2) is 0 Å². The highest BCUT2D eigenvalue weighted by Crippen LogP contribution is 2.26. The lowest BCUT2D eigenvalue weighted by atomic mass is 10.5. The van der Waals surface area contributed by atoms with E-state index in [1.807, 2.05) is 0 Å². The van der Waals surface area contributed by atoms with Gasteiger partial charge in [0.25, 0.3) is 0 Å². The van der Waals surface area contributed by atoms with Crippen molar-refractivity contribution in [2.24, 2.45) is 0 Å². The highest BCUT2D eigenvalue weighted by Gasteiger charge is 2.15. The van der Waals surface area contributed by atoms with Crippen LogP contribution in [0.25, 0.3) is 0 Å². The van der Waals surface area contributed by atoms with Crippen molar-refractivity contribution in [3.63, 3.8) is 0 Å². The van der Waals surface area contributed by atoms with Crippen LogP contribution in [0.1, 0.15) is 9.67 Å². The first kappa shape index (κ1) is 8.79. The third kappa shape index (κ3) is 1.48. The quantitative estimate of drug-likeness (QED) is 0.704. The predicted octanol–water partition coefficient (Wildman–Crippen LogP) is 0.490. The van der Waals surface area contributed by atoms with E-state index in [1.54, 1.807) is 19.0 Å². The minimum absolute atomic E-state index is 0.0798. The highest BCUT2D eigenvalue weighted by atomic mass is 32.1. The predicted molar refractivity (Wildman–Crippen MR) is 47.8 cm³/mol. The summed E-state index contributed by atoms with van der Waals surface area (Å²) >= 11 is 1.07. The van der Waals surface area contributed by atoms with Gasteiger partial charge in [-0.2, -0.15) is 0 Å². The lowest BCUT2D eigenvalue weighted by Gasteiger charge is -2.04. The molecule has 0 unspecified atom stereocenters. The lowest BCUT2D eigenvalue weighted by molar-refractivity contribution is 0.0703. The third-order valence-corrected chi connectivity index (χ3v) is 2.45. The van der Waals surface area contributed by atoms with E-state index in [-0.39, 0.29) is 10.7 Å². The summed E-state index contributed by atoms with van der Waals surface area (Å²) in [6, 6.07) is 0. The molecule has 5 nitrogen and oxygen atoms in total. The number of nitrogens with zero attached hydrogens (tertiary/aromatic N) is 2. The van der Waals surface area contributed by atoms with Gasteiger partial charge in [-0.05, 0) is 0 Å². The molecule has 3 N–H and O–H groups in total. The molecule has 0 atom stereocenters. The Morgan fingerprint density at radius 2 is 2.25 bits per heavy atom. The van der Waals surface area contributed by atoms with E-state index >= 15 is 0 Å². The molecule has 1 rings (SSSR count). The molecule has 1 aromatic rings. The van der Waals surface area contributed by atoms with Crippen LogP contribution in [0.4, 0.5) is 10.9 Å². The number of carbonyl (C=O) groups is 1. The van der Waals surface area contributed by atoms with E-state index < -0.39 is 5.97 Å². The third-order valence-electron chi connectivity index (χ3n) is 1.22. The molecular weight excluding hydrogens is 178 g/mol. The molecule has 0 spiro atoms. The number of nitrogens with two attached hydrogens (primary N) is 1. The van der Waals surface area contributed by atoms with E-state index in [0.29, 0.717) is 5.13 Å². The van der Waals surface area contributed by atoms with Crippen LogP contribution in [0.5, 0.6) is 0 Å². The Hall–Kier alpha value is -1.30. The molecule has 1 heterocycles. The van der Waals surface area contributed by atoms with Gasteiger partial charge in [-0.15, -0.1) is 0 Å².